The van der Waals surface area contributed by atoms with E-state index in [1.54, 1.807) is 36.4 Å². The summed E-state index contributed by atoms with van der Waals surface area (Å²) in [6.45, 7) is 3.66. The second kappa shape index (κ2) is 8.34. The molecule has 4 rings (SSSR count). The number of benzene rings is 3. The maximum Gasteiger partial charge on any atom is 0.165 e. The van der Waals surface area contributed by atoms with Crippen LogP contribution in [0.3, 0.4) is 0 Å². The minimum absolute atomic E-state index is 0.0593. The van der Waals surface area contributed by atoms with Crippen molar-refractivity contribution in [2.75, 3.05) is 0 Å². The van der Waals surface area contributed by atoms with Crippen LogP contribution in [0.1, 0.15) is 29.2 Å². The van der Waals surface area contributed by atoms with Gasteiger partial charge in [0.1, 0.15) is 6.17 Å². The van der Waals surface area contributed by atoms with Crippen LogP contribution in [0.4, 0.5) is 17.6 Å². The zero-order valence-electron chi connectivity index (χ0n) is 16.2. The molecule has 1 aliphatic heterocycles. The van der Waals surface area contributed by atoms with Gasteiger partial charge in [0.2, 0.25) is 0 Å². The van der Waals surface area contributed by atoms with Gasteiger partial charge in [-0.3, -0.25) is 0 Å². The maximum atomic E-state index is 14.9. The van der Waals surface area contributed by atoms with E-state index in [9.17, 15) is 17.6 Å². The van der Waals surface area contributed by atoms with Crippen molar-refractivity contribution in [2.45, 2.75) is 31.5 Å². The lowest BCUT2D eigenvalue weighted by molar-refractivity contribution is 0.0768. The van der Waals surface area contributed by atoms with E-state index in [1.807, 2.05) is 0 Å². The Morgan fingerprint density at radius 1 is 0.900 bits per heavy atom. The Bertz CT molecular complexity index is 1080. The molecule has 3 aromatic carbocycles. The third-order valence-electron chi connectivity index (χ3n) is 5.30. The highest BCUT2D eigenvalue weighted by atomic mass is 19.2. The molecule has 1 unspecified atom stereocenters. The number of hydrogen-bond acceptors (Lipinski definition) is 1. The van der Waals surface area contributed by atoms with Crippen LogP contribution in [0.25, 0.3) is 11.1 Å². The van der Waals surface area contributed by atoms with Crippen LogP contribution in [-0.4, -0.2) is 6.17 Å². The lowest BCUT2D eigenvalue weighted by atomic mass is 9.92. The largest absolute Gasteiger partial charge is 0.479 e. The summed E-state index contributed by atoms with van der Waals surface area (Å²) in [6.07, 6.45) is 0.894. The SMILES string of the molecule is C=CCCc1cc(F)c2c(c1)C[C@H](F)C(c1ccc(-c3ccc(F)c(F)c3)cc1)O2. The summed E-state index contributed by atoms with van der Waals surface area (Å²) in [4.78, 5) is 0. The summed E-state index contributed by atoms with van der Waals surface area (Å²) in [5, 5.41) is 0. The van der Waals surface area contributed by atoms with Crippen molar-refractivity contribution >= 4 is 0 Å². The van der Waals surface area contributed by atoms with E-state index in [0.717, 1.165) is 17.7 Å². The molecule has 2 atom stereocenters. The van der Waals surface area contributed by atoms with Crippen molar-refractivity contribution in [3.05, 3.63) is 101 Å². The lowest BCUT2D eigenvalue weighted by Gasteiger charge is -2.30. The molecule has 0 amide bonds. The van der Waals surface area contributed by atoms with Gasteiger partial charge in [-0.2, -0.15) is 0 Å². The molecule has 1 nitrogen and oxygen atoms in total. The van der Waals surface area contributed by atoms with Crippen molar-refractivity contribution in [1.82, 2.24) is 0 Å². The molecule has 3 aromatic rings. The fourth-order valence-corrected chi connectivity index (χ4v) is 3.75. The number of allylic oxidation sites excluding steroid dienone is 1. The van der Waals surface area contributed by atoms with Gasteiger partial charge in [0.15, 0.2) is 29.3 Å². The molecule has 1 heterocycles. The molecule has 0 saturated heterocycles. The highest BCUT2D eigenvalue weighted by molar-refractivity contribution is 5.64. The Labute approximate surface area is 172 Å². The smallest absolute Gasteiger partial charge is 0.165 e. The molecule has 0 N–H and O–H groups in total. The minimum atomic E-state index is -1.33. The molecular weight excluding hydrogens is 392 g/mol. The van der Waals surface area contributed by atoms with E-state index >= 15 is 0 Å². The van der Waals surface area contributed by atoms with Crippen LogP contribution in [0.2, 0.25) is 0 Å². The molecule has 0 fully saturated rings. The number of alkyl halides is 1. The molecule has 0 aliphatic carbocycles. The van der Waals surface area contributed by atoms with E-state index in [2.05, 4.69) is 6.58 Å². The molecule has 0 bridgehead atoms. The summed E-state index contributed by atoms with van der Waals surface area (Å²) in [7, 11) is 0. The second-order valence-corrected chi connectivity index (χ2v) is 7.40. The summed E-state index contributed by atoms with van der Waals surface area (Å²) in [5.41, 5.74) is 3.02. The van der Waals surface area contributed by atoms with Crippen LogP contribution in [-0.2, 0) is 12.8 Å². The molecular formula is C25H20F4O. The molecule has 0 saturated carbocycles. The van der Waals surface area contributed by atoms with Gasteiger partial charge < -0.3 is 4.74 Å². The number of halogens is 4. The normalized spacial score (nSPS) is 17.9. The van der Waals surface area contributed by atoms with E-state index < -0.39 is 29.7 Å². The van der Waals surface area contributed by atoms with E-state index in [1.165, 1.54) is 12.1 Å². The van der Waals surface area contributed by atoms with Crippen molar-refractivity contribution in [3.8, 4) is 16.9 Å². The number of fused-ring (bicyclic) bond motifs is 1. The third kappa shape index (κ3) is 3.97. The fourth-order valence-electron chi connectivity index (χ4n) is 3.75. The Morgan fingerprint density at radius 2 is 1.63 bits per heavy atom. The number of hydrogen-bond donors (Lipinski definition) is 0. The Morgan fingerprint density at radius 3 is 2.33 bits per heavy atom. The van der Waals surface area contributed by atoms with E-state index in [0.29, 0.717) is 35.1 Å². The van der Waals surface area contributed by atoms with Crippen molar-refractivity contribution in [1.29, 1.82) is 0 Å². The summed E-state index contributed by atoms with van der Waals surface area (Å²) in [6, 6.07) is 13.5. The average Bonchev–Trinajstić information content (AvgIpc) is 2.74. The highest BCUT2D eigenvalue weighted by Gasteiger charge is 2.33. The first-order chi connectivity index (χ1) is 14.5. The molecule has 30 heavy (non-hydrogen) atoms. The quantitative estimate of drug-likeness (QED) is 0.327. The Hall–Kier alpha value is -3.08. The minimum Gasteiger partial charge on any atom is -0.479 e. The van der Waals surface area contributed by atoms with Crippen LogP contribution in [0.15, 0.2) is 67.3 Å². The van der Waals surface area contributed by atoms with Gasteiger partial charge in [0.05, 0.1) is 0 Å². The molecule has 0 radical (unpaired) electrons. The lowest BCUT2D eigenvalue weighted by Crippen LogP contribution is -2.28. The molecule has 1 aliphatic rings. The summed E-state index contributed by atoms with van der Waals surface area (Å²) < 4.78 is 61.8. The number of rotatable bonds is 5. The van der Waals surface area contributed by atoms with Crippen molar-refractivity contribution < 1.29 is 22.3 Å². The summed E-state index contributed by atoms with van der Waals surface area (Å²) in [5.74, 6) is -2.27. The first-order valence-electron chi connectivity index (χ1n) is 9.74. The van der Waals surface area contributed by atoms with Gasteiger partial charge >= 0.3 is 0 Å². The number of ether oxygens (including phenoxy) is 1. The van der Waals surface area contributed by atoms with E-state index in [-0.39, 0.29) is 12.2 Å². The average molecular weight is 412 g/mol. The standard InChI is InChI=1S/C25H20F4O/c1-2-3-4-15-11-19-14-23(29)24(30-25(19)22(28)12-15)17-7-5-16(6-8-17)18-9-10-20(26)21(27)13-18/h2,5-13,23-24H,1,3-4,14H2/t23-,24?/m0/s1. The second-order valence-electron chi connectivity index (χ2n) is 7.40. The molecule has 0 aromatic heterocycles. The molecule has 154 valence electrons. The Kier molecular flexibility index (Phi) is 5.62. The predicted octanol–water partition coefficient (Wildman–Crippen LogP) is 6.90. The van der Waals surface area contributed by atoms with Crippen LogP contribution in [0.5, 0.6) is 5.75 Å². The molecule has 5 heteroatoms. The van der Waals surface area contributed by atoms with E-state index in [4.69, 9.17) is 4.74 Å². The Balaban J connectivity index is 1.58. The molecule has 0 spiro atoms. The number of aryl methyl sites for hydroxylation is 1. The van der Waals surface area contributed by atoms with Crippen LogP contribution in [0, 0.1) is 17.5 Å². The zero-order chi connectivity index (χ0) is 21.3. The highest BCUT2D eigenvalue weighted by Crippen LogP contribution is 2.39. The third-order valence-corrected chi connectivity index (χ3v) is 5.30. The van der Waals surface area contributed by atoms with Gasteiger partial charge in [-0.15, -0.1) is 6.58 Å². The van der Waals surface area contributed by atoms with Crippen molar-refractivity contribution in [3.63, 3.8) is 0 Å². The summed E-state index contributed by atoms with van der Waals surface area (Å²) >= 11 is 0. The fraction of sp³-hybridized carbons (Fsp3) is 0.200. The first-order valence-corrected chi connectivity index (χ1v) is 9.74. The maximum absolute atomic E-state index is 14.9. The van der Waals surface area contributed by atoms with Gasteiger partial charge in [0.25, 0.3) is 0 Å². The first kappa shape index (κ1) is 20.2. The zero-order valence-corrected chi connectivity index (χ0v) is 16.2. The van der Waals surface area contributed by atoms with Gasteiger partial charge in [-0.25, -0.2) is 17.6 Å². The van der Waals surface area contributed by atoms with Gasteiger partial charge in [0, 0.05) is 12.0 Å². The van der Waals surface area contributed by atoms with Crippen LogP contribution >= 0.6 is 0 Å². The monoisotopic (exact) mass is 412 g/mol. The predicted molar refractivity (Wildman–Crippen MR) is 109 cm³/mol. The topological polar surface area (TPSA) is 9.23 Å². The van der Waals surface area contributed by atoms with Crippen LogP contribution < -0.4 is 4.74 Å². The van der Waals surface area contributed by atoms with Gasteiger partial charge in [-0.05, 0) is 53.3 Å². The van der Waals surface area contributed by atoms with Gasteiger partial charge in [-0.1, -0.05) is 42.5 Å². The van der Waals surface area contributed by atoms with Crippen molar-refractivity contribution in [2.24, 2.45) is 0 Å².